The third kappa shape index (κ3) is 3.16. The van der Waals surface area contributed by atoms with Gasteiger partial charge in [-0.05, 0) is 12.8 Å². The standard InChI is InChI=1S/C11H15N5O2/c17-9(18)4-2-1-3-5-12-10-11-15-14-8-16(11)7-6-13-10/h6-8H,1-5H2,(H,12,13)(H,17,18). The van der Waals surface area contributed by atoms with Crippen LogP contribution >= 0.6 is 0 Å². The summed E-state index contributed by atoms with van der Waals surface area (Å²) in [6.45, 7) is 0.749. The maximum Gasteiger partial charge on any atom is 0.303 e. The first-order chi connectivity index (χ1) is 8.77. The van der Waals surface area contributed by atoms with Crippen molar-refractivity contribution in [1.82, 2.24) is 19.6 Å². The van der Waals surface area contributed by atoms with Gasteiger partial charge in [0.2, 0.25) is 5.65 Å². The number of hydrogen-bond donors (Lipinski definition) is 2. The normalized spacial score (nSPS) is 10.7. The summed E-state index contributed by atoms with van der Waals surface area (Å²) in [6.07, 6.45) is 7.82. The van der Waals surface area contributed by atoms with E-state index in [0.717, 1.165) is 19.4 Å². The van der Waals surface area contributed by atoms with Gasteiger partial charge in [-0.1, -0.05) is 6.42 Å². The van der Waals surface area contributed by atoms with E-state index in [1.54, 1.807) is 23.1 Å². The summed E-state index contributed by atoms with van der Waals surface area (Å²) in [5.74, 6) is -0.0360. The number of fused-ring (bicyclic) bond motifs is 1. The van der Waals surface area contributed by atoms with Crippen LogP contribution in [0.25, 0.3) is 5.65 Å². The fourth-order valence-corrected chi connectivity index (χ4v) is 1.67. The van der Waals surface area contributed by atoms with Crippen LogP contribution in [-0.4, -0.2) is 37.2 Å². The quantitative estimate of drug-likeness (QED) is 0.716. The van der Waals surface area contributed by atoms with Gasteiger partial charge in [-0.2, -0.15) is 0 Å². The van der Waals surface area contributed by atoms with E-state index in [4.69, 9.17) is 5.11 Å². The maximum atomic E-state index is 10.3. The molecular weight excluding hydrogens is 234 g/mol. The number of unbranched alkanes of at least 4 members (excludes halogenated alkanes) is 2. The van der Waals surface area contributed by atoms with Crippen LogP contribution in [0.15, 0.2) is 18.7 Å². The molecule has 0 aliphatic rings. The number of nitrogens with zero attached hydrogens (tertiary/aromatic N) is 4. The predicted octanol–water partition coefficient (Wildman–Crippen LogP) is 1.18. The number of rotatable bonds is 7. The molecule has 2 rings (SSSR count). The van der Waals surface area contributed by atoms with Gasteiger partial charge < -0.3 is 10.4 Å². The molecule has 0 aliphatic heterocycles. The van der Waals surface area contributed by atoms with Gasteiger partial charge in [0.1, 0.15) is 6.33 Å². The Hall–Kier alpha value is -2.18. The molecule has 2 aromatic rings. The first-order valence-corrected chi connectivity index (χ1v) is 5.87. The van der Waals surface area contributed by atoms with E-state index in [-0.39, 0.29) is 6.42 Å². The van der Waals surface area contributed by atoms with E-state index in [9.17, 15) is 4.79 Å². The Labute approximate surface area is 104 Å². The topological polar surface area (TPSA) is 92.4 Å². The number of hydrogen-bond acceptors (Lipinski definition) is 5. The molecule has 7 nitrogen and oxygen atoms in total. The molecule has 0 saturated heterocycles. The lowest BCUT2D eigenvalue weighted by atomic mass is 10.2. The van der Waals surface area contributed by atoms with E-state index >= 15 is 0 Å². The van der Waals surface area contributed by atoms with Crippen LogP contribution in [0.1, 0.15) is 25.7 Å². The first kappa shape index (κ1) is 12.3. The van der Waals surface area contributed by atoms with Gasteiger partial charge in [-0.15, -0.1) is 10.2 Å². The molecular formula is C11H15N5O2. The Bertz CT molecular complexity index is 525. The summed E-state index contributed by atoms with van der Waals surface area (Å²) in [5.41, 5.74) is 0.697. The minimum Gasteiger partial charge on any atom is -0.481 e. The predicted molar refractivity (Wildman–Crippen MR) is 65.4 cm³/mol. The van der Waals surface area contributed by atoms with E-state index in [2.05, 4.69) is 20.5 Å². The van der Waals surface area contributed by atoms with Crippen molar-refractivity contribution in [2.75, 3.05) is 11.9 Å². The lowest BCUT2D eigenvalue weighted by Gasteiger charge is -2.05. The second-order valence-corrected chi connectivity index (χ2v) is 3.97. The zero-order chi connectivity index (χ0) is 12.8. The lowest BCUT2D eigenvalue weighted by molar-refractivity contribution is -0.137. The summed E-state index contributed by atoms with van der Waals surface area (Å²) in [6, 6.07) is 0. The molecule has 7 heteroatoms. The molecule has 0 amide bonds. The van der Waals surface area contributed by atoms with Crippen molar-refractivity contribution in [3.63, 3.8) is 0 Å². The summed E-state index contributed by atoms with van der Waals surface area (Å²) in [5, 5.41) is 19.5. The fraction of sp³-hybridized carbons (Fsp3) is 0.455. The molecule has 0 aliphatic carbocycles. The van der Waals surface area contributed by atoms with E-state index < -0.39 is 5.97 Å². The molecule has 0 unspecified atom stereocenters. The Morgan fingerprint density at radius 1 is 1.39 bits per heavy atom. The van der Waals surface area contributed by atoms with Crippen LogP contribution in [-0.2, 0) is 4.79 Å². The summed E-state index contributed by atoms with van der Waals surface area (Å²) in [7, 11) is 0. The third-order valence-electron chi connectivity index (χ3n) is 2.58. The van der Waals surface area contributed by atoms with Crippen molar-refractivity contribution in [1.29, 1.82) is 0 Å². The SMILES string of the molecule is O=C(O)CCCCCNc1nccn2cnnc12. The third-order valence-corrected chi connectivity index (χ3v) is 2.58. The van der Waals surface area contributed by atoms with Gasteiger partial charge in [-0.25, -0.2) is 4.98 Å². The van der Waals surface area contributed by atoms with Crippen LogP contribution in [0.5, 0.6) is 0 Å². The highest BCUT2D eigenvalue weighted by Crippen LogP contribution is 2.10. The maximum absolute atomic E-state index is 10.3. The zero-order valence-electron chi connectivity index (χ0n) is 9.91. The number of carboxylic acids is 1. The lowest BCUT2D eigenvalue weighted by Crippen LogP contribution is -2.05. The molecule has 2 N–H and O–H groups in total. The number of aliphatic carboxylic acids is 1. The minimum atomic E-state index is -0.738. The van der Waals surface area contributed by atoms with Crippen molar-refractivity contribution < 1.29 is 9.90 Å². The summed E-state index contributed by atoms with van der Waals surface area (Å²) >= 11 is 0. The van der Waals surface area contributed by atoms with E-state index in [1.165, 1.54) is 0 Å². The molecule has 18 heavy (non-hydrogen) atoms. The molecule has 96 valence electrons. The monoisotopic (exact) mass is 249 g/mol. The van der Waals surface area contributed by atoms with Gasteiger partial charge >= 0.3 is 5.97 Å². The fourth-order valence-electron chi connectivity index (χ4n) is 1.67. The van der Waals surface area contributed by atoms with Gasteiger partial charge in [-0.3, -0.25) is 9.20 Å². The second-order valence-electron chi connectivity index (χ2n) is 3.97. The van der Waals surface area contributed by atoms with Gasteiger partial charge in [0.15, 0.2) is 5.82 Å². The highest BCUT2D eigenvalue weighted by molar-refractivity contribution is 5.66. The molecule has 0 saturated carbocycles. The molecule has 0 bridgehead atoms. The molecule has 0 radical (unpaired) electrons. The molecule has 0 spiro atoms. The largest absolute Gasteiger partial charge is 0.481 e. The summed E-state index contributed by atoms with van der Waals surface area (Å²) in [4.78, 5) is 14.5. The smallest absolute Gasteiger partial charge is 0.303 e. The highest BCUT2D eigenvalue weighted by atomic mass is 16.4. The highest BCUT2D eigenvalue weighted by Gasteiger charge is 2.03. The van der Waals surface area contributed by atoms with Crippen LogP contribution in [0, 0.1) is 0 Å². The Kier molecular flexibility index (Phi) is 4.06. The number of carboxylic acid groups (broad SMARTS) is 1. The van der Waals surface area contributed by atoms with Crippen LogP contribution in [0.3, 0.4) is 0 Å². The second kappa shape index (κ2) is 5.95. The van der Waals surface area contributed by atoms with E-state index in [0.29, 0.717) is 17.9 Å². The number of anilines is 1. The molecule has 0 fully saturated rings. The summed E-state index contributed by atoms with van der Waals surface area (Å²) < 4.78 is 1.79. The van der Waals surface area contributed by atoms with E-state index in [1.807, 2.05) is 0 Å². The van der Waals surface area contributed by atoms with Crippen molar-refractivity contribution in [2.24, 2.45) is 0 Å². The average Bonchev–Trinajstić information content (AvgIpc) is 2.82. The van der Waals surface area contributed by atoms with Crippen molar-refractivity contribution >= 4 is 17.4 Å². The number of carbonyl (C=O) groups is 1. The molecule has 0 aromatic carbocycles. The number of nitrogens with one attached hydrogen (secondary N) is 1. The Morgan fingerprint density at radius 3 is 3.11 bits per heavy atom. The zero-order valence-corrected chi connectivity index (χ0v) is 9.91. The van der Waals surface area contributed by atoms with Gasteiger partial charge in [0.25, 0.3) is 0 Å². The minimum absolute atomic E-state index is 0.234. The van der Waals surface area contributed by atoms with Crippen molar-refractivity contribution in [3.8, 4) is 0 Å². The molecule has 0 atom stereocenters. The van der Waals surface area contributed by atoms with Gasteiger partial charge in [0, 0.05) is 25.4 Å². The van der Waals surface area contributed by atoms with Crippen molar-refractivity contribution in [2.45, 2.75) is 25.7 Å². The Morgan fingerprint density at radius 2 is 2.28 bits per heavy atom. The van der Waals surface area contributed by atoms with Crippen LogP contribution in [0.4, 0.5) is 5.82 Å². The van der Waals surface area contributed by atoms with Crippen molar-refractivity contribution in [3.05, 3.63) is 18.7 Å². The molecule has 2 aromatic heterocycles. The number of aromatic nitrogens is 4. The van der Waals surface area contributed by atoms with Crippen LogP contribution < -0.4 is 5.32 Å². The van der Waals surface area contributed by atoms with Gasteiger partial charge in [0.05, 0.1) is 0 Å². The molecule has 2 heterocycles. The Balaban J connectivity index is 1.76. The average molecular weight is 249 g/mol. The first-order valence-electron chi connectivity index (χ1n) is 5.87. The van der Waals surface area contributed by atoms with Crippen LogP contribution in [0.2, 0.25) is 0 Å².